The molecule has 1 fully saturated rings. The van der Waals surface area contributed by atoms with Gasteiger partial charge in [0.1, 0.15) is 0 Å². The Kier molecular flexibility index (Phi) is 4.05. The van der Waals surface area contributed by atoms with Gasteiger partial charge in [0.25, 0.3) is 0 Å². The van der Waals surface area contributed by atoms with Gasteiger partial charge in [-0.3, -0.25) is 9.69 Å². The van der Waals surface area contributed by atoms with E-state index in [1.165, 1.54) is 6.07 Å². The van der Waals surface area contributed by atoms with E-state index in [0.29, 0.717) is 5.56 Å². The van der Waals surface area contributed by atoms with Crippen molar-refractivity contribution < 1.29 is 18.0 Å². The first-order valence-corrected chi connectivity index (χ1v) is 7.53. The number of rotatable bonds is 5. The van der Waals surface area contributed by atoms with Crippen LogP contribution >= 0.6 is 0 Å². The van der Waals surface area contributed by atoms with Crippen LogP contribution in [-0.4, -0.2) is 44.9 Å². The largest absolute Gasteiger partial charge is 0.329 e. The van der Waals surface area contributed by atoms with Crippen molar-refractivity contribution in [2.75, 3.05) is 19.6 Å². The van der Waals surface area contributed by atoms with Crippen LogP contribution in [0.5, 0.6) is 0 Å². The minimum absolute atomic E-state index is 0.00970. The third kappa shape index (κ3) is 2.97. The first kappa shape index (κ1) is 14.5. The van der Waals surface area contributed by atoms with Crippen molar-refractivity contribution >= 4 is 22.0 Å². The van der Waals surface area contributed by atoms with Gasteiger partial charge in [0.15, 0.2) is 0 Å². The molecule has 1 heterocycles. The zero-order valence-electron chi connectivity index (χ0n) is 10.9. The summed E-state index contributed by atoms with van der Waals surface area (Å²) in [6, 6.07) is 6.10. The molecule has 3 amide bonds. The predicted octanol–water partition coefficient (Wildman–Crippen LogP) is -0.175. The van der Waals surface area contributed by atoms with E-state index < -0.39 is 16.1 Å². The van der Waals surface area contributed by atoms with Gasteiger partial charge >= 0.3 is 6.03 Å². The topological polar surface area (TPSA) is 95.6 Å². The molecule has 2 N–H and O–H groups in total. The molecule has 0 unspecified atom stereocenters. The zero-order valence-corrected chi connectivity index (χ0v) is 11.7. The highest BCUT2D eigenvalue weighted by molar-refractivity contribution is 7.89. The van der Waals surface area contributed by atoms with Gasteiger partial charge in [-0.05, 0) is 18.6 Å². The molecule has 7 nitrogen and oxygen atoms in total. The molecular weight excluding hydrogens is 282 g/mol. The Hall–Kier alpha value is -1.93. The molecule has 108 valence electrons. The van der Waals surface area contributed by atoms with E-state index in [1.807, 2.05) is 0 Å². The lowest BCUT2D eigenvalue weighted by atomic mass is 10.2. The minimum Gasteiger partial charge on any atom is -0.329 e. The first-order valence-electron chi connectivity index (χ1n) is 6.05. The molecule has 1 aromatic rings. The lowest BCUT2D eigenvalue weighted by molar-refractivity contribution is -0.124. The van der Waals surface area contributed by atoms with Gasteiger partial charge in [-0.1, -0.05) is 18.2 Å². The number of benzene rings is 1. The normalized spacial score (nSPS) is 15.6. The summed E-state index contributed by atoms with van der Waals surface area (Å²) in [7, 11) is -3.64. The van der Waals surface area contributed by atoms with Crippen LogP contribution in [0.3, 0.4) is 0 Å². The smallest absolute Gasteiger partial charge is 0.324 e. The van der Waals surface area contributed by atoms with Crippen molar-refractivity contribution in [2.24, 2.45) is 0 Å². The number of hydrogen-bond donors (Lipinski definition) is 2. The summed E-state index contributed by atoms with van der Waals surface area (Å²) >= 11 is 0. The summed E-state index contributed by atoms with van der Waals surface area (Å²) in [5.74, 6) is -0.356. The quantitative estimate of drug-likeness (QED) is 0.737. The van der Waals surface area contributed by atoms with E-state index in [0.717, 1.165) is 4.90 Å². The fourth-order valence-corrected chi connectivity index (χ4v) is 3.17. The van der Waals surface area contributed by atoms with E-state index in [4.69, 9.17) is 0 Å². The number of hydrogen-bond acceptors (Lipinski definition) is 4. The van der Waals surface area contributed by atoms with Gasteiger partial charge in [0.2, 0.25) is 15.9 Å². The van der Waals surface area contributed by atoms with Gasteiger partial charge in [0.05, 0.1) is 11.4 Å². The molecule has 1 saturated heterocycles. The Balaban J connectivity index is 1.99. The molecule has 0 aromatic heterocycles. The van der Waals surface area contributed by atoms with Crippen LogP contribution in [0.1, 0.15) is 5.56 Å². The van der Waals surface area contributed by atoms with Crippen molar-refractivity contribution in [2.45, 2.75) is 11.8 Å². The molecule has 0 aliphatic carbocycles. The van der Waals surface area contributed by atoms with E-state index in [2.05, 4.69) is 10.0 Å². The van der Waals surface area contributed by atoms with E-state index >= 15 is 0 Å². The summed E-state index contributed by atoms with van der Waals surface area (Å²) in [5.41, 5.74) is 0.634. The third-order valence-corrected chi connectivity index (χ3v) is 4.57. The highest BCUT2D eigenvalue weighted by Crippen LogP contribution is 2.13. The number of amides is 3. The Bertz CT molecular complexity index is 626. The number of urea groups is 1. The number of aryl methyl sites for hydroxylation is 1. The molecule has 0 atom stereocenters. The standard InChI is InChI=1S/C12H15N3O4S/c1-9-4-2-3-5-10(9)20(18,19)14-6-7-15-11(16)8-13-12(15)17/h2-5,14H,6-8H2,1H3,(H,13,17). The third-order valence-electron chi connectivity index (χ3n) is 2.95. The van der Waals surface area contributed by atoms with Crippen LogP contribution in [0.25, 0.3) is 0 Å². The SMILES string of the molecule is Cc1ccccc1S(=O)(=O)NCCN1C(=O)CNC1=O. The molecule has 20 heavy (non-hydrogen) atoms. The van der Waals surface area contributed by atoms with Crippen molar-refractivity contribution in [3.8, 4) is 0 Å². The van der Waals surface area contributed by atoms with Crippen molar-refractivity contribution in [3.05, 3.63) is 29.8 Å². The number of carbonyl (C=O) groups is 2. The van der Waals surface area contributed by atoms with Gasteiger partial charge in [-0.25, -0.2) is 17.9 Å². The molecular formula is C12H15N3O4S. The Morgan fingerprint density at radius 2 is 2.00 bits per heavy atom. The van der Waals surface area contributed by atoms with Gasteiger partial charge < -0.3 is 5.32 Å². The number of imide groups is 1. The number of nitrogens with zero attached hydrogens (tertiary/aromatic N) is 1. The maximum atomic E-state index is 12.1. The molecule has 0 saturated carbocycles. The molecule has 8 heteroatoms. The maximum Gasteiger partial charge on any atom is 0.324 e. The maximum absolute atomic E-state index is 12.1. The highest BCUT2D eigenvalue weighted by atomic mass is 32.2. The van der Waals surface area contributed by atoms with Gasteiger partial charge in [0, 0.05) is 13.1 Å². The van der Waals surface area contributed by atoms with Crippen LogP contribution in [0, 0.1) is 6.92 Å². The van der Waals surface area contributed by atoms with E-state index in [1.54, 1.807) is 25.1 Å². The predicted molar refractivity (Wildman–Crippen MR) is 71.5 cm³/mol. The van der Waals surface area contributed by atoms with Crippen LogP contribution in [0.15, 0.2) is 29.2 Å². The van der Waals surface area contributed by atoms with Crippen LogP contribution in [0.4, 0.5) is 4.79 Å². The Morgan fingerprint density at radius 1 is 1.30 bits per heavy atom. The molecule has 0 bridgehead atoms. The van der Waals surface area contributed by atoms with Crippen LogP contribution in [0.2, 0.25) is 0 Å². The second-order valence-corrected chi connectivity index (χ2v) is 6.10. The molecule has 2 rings (SSSR count). The van der Waals surface area contributed by atoms with Crippen molar-refractivity contribution in [3.63, 3.8) is 0 Å². The highest BCUT2D eigenvalue weighted by Gasteiger charge is 2.28. The Morgan fingerprint density at radius 3 is 2.60 bits per heavy atom. The lowest BCUT2D eigenvalue weighted by Gasteiger charge is -2.13. The summed E-state index contributed by atoms with van der Waals surface area (Å²) in [6.07, 6.45) is 0. The molecule has 0 spiro atoms. The van der Waals surface area contributed by atoms with Crippen LogP contribution in [-0.2, 0) is 14.8 Å². The molecule has 1 aliphatic heterocycles. The van der Waals surface area contributed by atoms with E-state index in [-0.39, 0.29) is 30.4 Å². The second kappa shape index (κ2) is 5.59. The Labute approximate surface area is 117 Å². The molecule has 1 aromatic carbocycles. The van der Waals surface area contributed by atoms with Crippen LogP contribution < -0.4 is 10.0 Å². The summed E-state index contributed by atoms with van der Waals surface area (Å²) < 4.78 is 26.5. The zero-order chi connectivity index (χ0) is 14.8. The van der Waals surface area contributed by atoms with E-state index in [9.17, 15) is 18.0 Å². The molecule has 0 radical (unpaired) electrons. The monoisotopic (exact) mass is 297 g/mol. The minimum atomic E-state index is -3.64. The van der Waals surface area contributed by atoms with Gasteiger partial charge in [-0.2, -0.15) is 0 Å². The van der Waals surface area contributed by atoms with Crippen molar-refractivity contribution in [1.29, 1.82) is 0 Å². The second-order valence-electron chi connectivity index (χ2n) is 4.37. The number of nitrogens with one attached hydrogen (secondary N) is 2. The average Bonchev–Trinajstić information content (AvgIpc) is 2.70. The molecule has 1 aliphatic rings. The summed E-state index contributed by atoms with van der Waals surface area (Å²) in [5, 5.41) is 2.37. The first-order chi connectivity index (χ1) is 9.42. The summed E-state index contributed by atoms with van der Waals surface area (Å²) in [4.78, 5) is 23.8. The average molecular weight is 297 g/mol. The van der Waals surface area contributed by atoms with Gasteiger partial charge in [-0.15, -0.1) is 0 Å². The summed E-state index contributed by atoms with van der Waals surface area (Å²) in [6.45, 7) is 1.65. The number of sulfonamides is 1. The number of carbonyl (C=O) groups excluding carboxylic acids is 2. The lowest BCUT2D eigenvalue weighted by Crippen LogP contribution is -2.38. The van der Waals surface area contributed by atoms with Crippen molar-refractivity contribution in [1.82, 2.24) is 14.9 Å². The fraction of sp³-hybridized carbons (Fsp3) is 0.333. The fourth-order valence-electron chi connectivity index (χ4n) is 1.91.